The zero-order valence-corrected chi connectivity index (χ0v) is 7.24. The molecule has 0 aliphatic carbocycles. The van der Waals surface area contributed by atoms with Crippen LogP contribution in [0.4, 0.5) is 0 Å². The summed E-state index contributed by atoms with van der Waals surface area (Å²) in [5.41, 5.74) is 0. The van der Waals surface area contributed by atoms with Crippen LogP contribution in [0.25, 0.3) is 0 Å². The lowest BCUT2D eigenvalue weighted by Gasteiger charge is -1.92. The van der Waals surface area contributed by atoms with Gasteiger partial charge in [0, 0.05) is 12.8 Å². The smallest absolute Gasteiger partial charge is 0.227 e. The van der Waals surface area contributed by atoms with Gasteiger partial charge in [0.2, 0.25) is 5.89 Å². The van der Waals surface area contributed by atoms with Gasteiger partial charge in [-0.15, -0.1) is 0 Å². The second-order valence-corrected chi connectivity index (χ2v) is 2.69. The van der Waals surface area contributed by atoms with Gasteiger partial charge in [-0.2, -0.15) is 10.2 Å². The molecule has 0 N–H and O–H groups in total. The summed E-state index contributed by atoms with van der Waals surface area (Å²) in [7, 11) is 0. The molecular weight excluding hydrogens is 154 g/mol. The molecule has 1 unspecified atom stereocenters. The van der Waals surface area contributed by atoms with Gasteiger partial charge in [0.25, 0.3) is 0 Å². The lowest BCUT2D eigenvalue weighted by molar-refractivity contribution is 0.365. The average molecular weight is 165 g/mol. The van der Waals surface area contributed by atoms with Crippen LogP contribution in [0.15, 0.2) is 4.52 Å². The summed E-state index contributed by atoms with van der Waals surface area (Å²) >= 11 is 0. The average Bonchev–Trinajstić information content (AvgIpc) is 2.52. The molecule has 0 aliphatic rings. The first-order valence-corrected chi connectivity index (χ1v) is 3.97. The van der Waals surface area contributed by atoms with Crippen LogP contribution in [0, 0.1) is 17.2 Å². The lowest BCUT2D eigenvalue weighted by atomic mass is 10.1. The van der Waals surface area contributed by atoms with Crippen LogP contribution in [0.1, 0.15) is 25.6 Å². The quantitative estimate of drug-likeness (QED) is 0.677. The molecule has 0 bridgehead atoms. The van der Waals surface area contributed by atoms with Crippen molar-refractivity contribution in [1.29, 1.82) is 5.26 Å². The zero-order chi connectivity index (χ0) is 8.97. The summed E-state index contributed by atoms with van der Waals surface area (Å²) in [5.74, 6) is 1.20. The minimum atomic E-state index is -0.0600. The van der Waals surface area contributed by atoms with E-state index in [-0.39, 0.29) is 5.92 Å². The van der Waals surface area contributed by atoms with Crippen molar-refractivity contribution in [2.45, 2.75) is 26.7 Å². The normalized spacial score (nSPS) is 12.4. The molecule has 4 nitrogen and oxygen atoms in total. The van der Waals surface area contributed by atoms with Crippen molar-refractivity contribution in [3.8, 4) is 6.07 Å². The molecule has 0 amide bonds. The highest BCUT2D eigenvalue weighted by atomic mass is 16.5. The first kappa shape index (κ1) is 8.72. The topological polar surface area (TPSA) is 62.7 Å². The third kappa shape index (κ3) is 2.06. The minimum absolute atomic E-state index is 0.0600. The second-order valence-electron chi connectivity index (χ2n) is 2.69. The number of hydrogen-bond acceptors (Lipinski definition) is 4. The number of nitrogens with zero attached hydrogens (tertiary/aromatic N) is 3. The van der Waals surface area contributed by atoms with Crippen LogP contribution in [0.3, 0.4) is 0 Å². The predicted octanol–water partition coefficient (Wildman–Crippen LogP) is 1.33. The van der Waals surface area contributed by atoms with Crippen molar-refractivity contribution in [3.63, 3.8) is 0 Å². The SMILES string of the molecule is CCc1noc(CC(C)C#N)n1. The molecule has 1 rings (SSSR count). The fourth-order valence-electron chi connectivity index (χ4n) is 0.824. The van der Waals surface area contributed by atoms with Crippen LogP contribution >= 0.6 is 0 Å². The van der Waals surface area contributed by atoms with E-state index in [2.05, 4.69) is 16.2 Å². The molecule has 0 saturated carbocycles. The molecular formula is C8H11N3O. The Morgan fingerprint density at radius 1 is 1.67 bits per heavy atom. The Morgan fingerprint density at radius 3 is 2.92 bits per heavy atom. The molecule has 1 atom stereocenters. The third-order valence-corrected chi connectivity index (χ3v) is 1.53. The lowest BCUT2D eigenvalue weighted by Crippen LogP contribution is -1.96. The largest absolute Gasteiger partial charge is 0.339 e. The zero-order valence-electron chi connectivity index (χ0n) is 7.24. The molecule has 1 heterocycles. The maximum atomic E-state index is 8.52. The molecule has 4 heteroatoms. The van der Waals surface area contributed by atoms with Crippen molar-refractivity contribution in [3.05, 3.63) is 11.7 Å². The van der Waals surface area contributed by atoms with Crippen molar-refractivity contribution >= 4 is 0 Å². The van der Waals surface area contributed by atoms with Crippen molar-refractivity contribution in [2.24, 2.45) is 5.92 Å². The van der Waals surface area contributed by atoms with Gasteiger partial charge in [0.15, 0.2) is 5.82 Å². The summed E-state index contributed by atoms with van der Waals surface area (Å²) in [4.78, 5) is 4.09. The molecule has 0 aromatic carbocycles. The van der Waals surface area contributed by atoms with Gasteiger partial charge in [-0.05, 0) is 6.92 Å². The van der Waals surface area contributed by atoms with E-state index in [0.717, 1.165) is 6.42 Å². The summed E-state index contributed by atoms with van der Waals surface area (Å²) in [5, 5.41) is 12.2. The number of hydrogen-bond donors (Lipinski definition) is 0. The Hall–Kier alpha value is -1.37. The molecule has 0 fully saturated rings. The van der Waals surface area contributed by atoms with E-state index in [1.165, 1.54) is 0 Å². The first-order valence-electron chi connectivity index (χ1n) is 3.97. The van der Waals surface area contributed by atoms with Crippen LogP contribution in [-0.4, -0.2) is 10.1 Å². The highest BCUT2D eigenvalue weighted by Crippen LogP contribution is 2.05. The molecule has 0 saturated heterocycles. The Morgan fingerprint density at radius 2 is 2.42 bits per heavy atom. The van der Waals surface area contributed by atoms with Gasteiger partial charge in [-0.1, -0.05) is 12.1 Å². The summed E-state index contributed by atoms with van der Waals surface area (Å²) in [6.07, 6.45) is 1.31. The summed E-state index contributed by atoms with van der Waals surface area (Å²) in [6.45, 7) is 3.79. The minimum Gasteiger partial charge on any atom is -0.339 e. The molecule has 0 radical (unpaired) electrons. The van der Waals surface area contributed by atoms with Crippen molar-refractivity contribution in [1.82, 2.24) is 10.1 Å². The summed E-state index contributed by atoms with van der Waals surface area (Å²) < 4.78 is 4.92. The Kier molecular flexibility index (Phi) is 2.81. The van der Waals surface area contributed by atoms with E-state index in [0.29, 0.717) is 18.1 Å². The van der Waals surface area contributed by atoms with E-state index in [4.69, 9.17) is 9.78 Å². The van der Waals surface area contributed by atoms with E-state index in [1.54, 1.807) is 0 Å². The van der Waals surface area contributed by atoms with Crippen molar-refractivity contribution < 1.29 is 4.52 Å². The predicted molar refractivity (Wildman–Crippen MR) is 42.2 cm³/mol. The number of nitriles is 1. The molecule has 1 aromatic heterocycles. The van der Waals surface area contributed by atoms with Crippen LogP contribution in [-0.2, 0) is 12.8 Å². The van der Waals surface area contributed by atoms with Crippen LogP contribution in [0.5, 0.6) is 0 Å². The van der Waals surface area contributed by atoms with Crippen LogP contribution < -0.4 is 0 Å². The van der Waals surface area contributed by atoms with E-state index >= 15 is 0 Å². The second kappa shape index (κ2) is 3.86. The molecule has 0 aliphatic heterocycles. The third-order valence-electron chi connectivity index (χ3n) is 1.53. The van der Waals surface area contributed by atoms with E-state index in [9.17, 15) is 0 Å². The van der Waals surface area contributed by atoms with E-state index < -0.39 is 0 Å². The Balaban J connectivity index is 2.59. The number of rotatable bonds is 3. The monoisotopic (exact) mass is 165 g/mol. The fraction of sp³-hybridized carbons (Fsp3) is 0.625. The molecule has 12 heavy (non-hydrogen) atoms. The highest BCUT2D eigenvalue weighted by molar-refractivity contribution is 4.91. The van der Waals surface area contributed by atoms with Crippen molar-refractivity contribution in [2.75, 3.05) is 0 Å². The van der Waals surface area contributed by atoms with Gasteiger partial charge >= 0.3 is 0 Å². The Bertz CT molecular complexity index is 287. The maximum absolute atomic E-state index is 8.52. The van der Waals surface area contributed by atoms with Gasteiger partial charge in [0.05, 0.1) is 12.0 Å². The van der Waals surface area contributed by atoms with Gasteiger partial charge in [0.1, 0.15) is 0 Å². The fourth-order valence-corrected chi connectivity index (χ4v) is 0.824. The van der Waals surface area contributed by atoms with Gasteiger partial charge < -0.3 is 4.52 Å². The van der Waals surface area contributed by atoms with E-state index in [1.807, 2.05) is 13.8 Å². The number of aryl methyl sites for hydroxylation is 1. The summed E-state index contributed by atoms with van der Waals surface area (Å²) in [6, 6.07) is 2.11. The van der Waals surface area contributed by atoms with Crippen LogP contribution in [0.2, 0.25) is 0 Å². The molecule has 64 valence electrons. The highest BCUT2D eigenvalue weighted by Gasteiger charge is 2.08. The van der Waals surface area contributed by atoms with Gasteiger partial charge in [-0.3, -0.25) is 0 Å². The standard InChI is InChI=1S/C8H11N3O/c1-3-7-10-8(12-11-7)4-6(2)5-9/h6H,3-4H2,1-2H3. The number of aromatic nitrogens is 2. The van der Waals surface area contributed by atoms with Gasteiger partial charge in [-0.25, -0.2) is 0 Å². The maximum Gasteiger partial charge on any atom is 0.227 e. The molecule has 0 spiro atoms. The molecule has 1 aromatic rings. The Labute approximate surface area is 71.2 Å². The first-order chi connectivity index (χ1) is 5.76.